The van der Waals surface area contributed by atoms with Gasteiger partial charge in [-0.25, -0.2) is 29.1 Å². The number of benzene rings is 3. The summed E-state index contributed by atoms with van der Waals surface area (Å²) in [6.07, 6.45) is -3.04. The van der Waals surface area contributed by atoms with Gasteiger partial charge in [-0.2, -0.15) is 0 Å². The fraction of sp³-hybridized carbons (Fsp3) is 0.222. The van der Waals surface area contributed by atoms with E-state index in [2.05, 4.69) is 0 Å². The van der Waals surface area contributed by atoms with Gasteiger partial charge in [-0.1, -0.05) is 74.4 Å². The first-order chi connectivity index (χ1) is 17.5. The van der Waals surface area contributed by atoms with E-state index in [1.807, 2.05) is 6.92 Å². The molecule has 0 heterocycles. The number of hydrogen-bond acceptors (Lipinski definition) is 4. The number of rotatable bonds is 10. The fourth-order valence-electron chi connectivity index (χ4n) is 3.71. The Labute approximate surface area is 209 Å². The second-order valence-corrected chi connectivity index (χ2v) is 7.85. The second kappa shape index (κ2) is 12.8. The van der Waals surface area contributed by atoms with Crippen LogP contribution in [0.15, 0.2) is 91.0 Å². The third-order valence-electron chi connectivity index (χ3n) is 5.38. The van der Waals surface area contributed by atoms with Crippen LogP contribution in [0.25, 0.3) is 0 Å². The van der Waals surface area contributed by atoms with E-state index in [0.717, 1.165) is 27.5 Å². The van der Waals surface area contributed by atoms with Crippen LogP contribution in [0.4, 0.5) is 31.4 Å². The highest BCUT2D eigenvalue weighted by molar-refractivity contribution is 5.99. The van der Waals surface area contributed by atoms with Crippen molar-refractivity contribution in [3.05, 3.63) is 91.0 Å². The van der Waals surface area contributed by atoms with Gasteiger partial charge in [0.2, 0.25) is 6.29 Å². The maximum atomic E-state index is 13.5. The van der Waals surface area contributed by atoms with E-state index in [9.17, 15) is 24.6 Å². The third-order valence-corrected chi connectivity index (χ3v) is 5.38. The lowest BCUT2D eigenvalue weighted by Gasteiger charge is -2.42. The van der Waals surface area contributed by atoms with Crippen LogP contribution in [0.3, 0.4) is 0 Å². The molecule has 9 heteroatoms. The lowest BCUT2D eigenvalue weighted by Crippen LogP contribution is -2.64. The second-order valence-electron chi connectivity index (χ2n) is 7.85. The molecule has 0 radical (unpaired) electrons. The van der Waals surface area contributed by atoms with Gasteiger partial charge in [-0.3, -0.25) is 0 Å². The molecule has 3 aromatic carbocycles. The molecule has 2 N–H and O–H groups in total. The molecule has 0 aliphatic rings. The van der Waals surface area contributed by atoms with Gasteiger partial charge < -0.3 is 14.9 Å². The van der Waals surface area contributed by atoms with Crippen molar-refractivity contribution in [1.82, 2.24) is 0 Å². The van der Waals surface area contributed by atoms with Crippen LogP contribution in [0, 0.1) is 0 Å². The number of para-hydroxylation sites is 3. The number of anilines is 3. The van der Waals surface area contributed by atoms with Crippen molar-refractivity contribution in [3.8, 4) is 0 Å². The molecule has 0 aliphatic heterocycles. The zero-order chi connectivity index (χ0) is 25.9. The first-order valence-corrected chi connectivity index (χ1v) is 11.6. The SMILES string of the molecule is CCCCCOC(=O)N(c1ccccc1)C(N(C(=O)O)c1ccccc1)N(C(=O)O)c1ccccc1. The predicted octanol–water partition coefficient (Wildman–Crippen LogP) is 6.47. The minimum atomic E-state index is -1.66. The number of ether oxygens (including phenoxy) is 1. The van der Waals surface area contributed by atoms with Gasteiger partial charge >= 0.3 is 18.3 Å². The molecule has 0 spiro atoms. The highest BCUT2D eigenvalue weighted by Crippen LogP contribution is 2.30. The molecule has 0 bridgehead atoms. The Kier molecular flexibility index (Phi) is 9.27. The van der Waals surface area contributed by atoms with Crippen LogP contribution in [-0.2, 0) is 4.74 Å². The van der Waals surface area contributed by atoms with Crippen molar-refractivity contribution in [3.63, 3.8) is 0 Å². The van der Waals surface area contributed by atoms with E-state index >= 15 is 0 Å². The third kappa shape index (κ3) is 6.32. The van der Waals surface area contributed by atoms with Gasteiger partial charge in [-0.05, 0) is 42.8 Å². The van der Waals surface area contributed by atoms with Gasteiger partial charge in [0.1, 0.15) is 0 Å². The molecule has 0 saturated carbocycles. The maximum absolute atomic E-state index is 13.5. The van der Waals surface area contributed by atoms with E-state index in [4.69, 9.17) is 4.74 Å². The Hall–Kier alpha value is -4.53. The summed E-state index contributed by atoms with van der Waals surface area (Å²) in [7, 11) is 0. The quantitative estimate of drug-likeness (QED) is 0.248. The van der Waals surface area contributed by atoms with Gasteiger partial charge in [0.05, 0.1) is 23.7 Å². The Bertz CT molecular complexity index is 1070. The molecule has 36 heavy (non-hydrogen) atoms. The molecular formula is C27H29N3O6. The van der Waals surface area contributed by atoms with Gasteiger partial charge in [-0.15, -0.1) is 0 Å². The number of carboxylic acid groups (broad SMARTS) is 2. The lowest BCUT2D eigenvalue weighted by atomic mass is 10.2. The molecule has 9 nitrogen and oxygen atoms in total. The molecule has 0 saturated heterocycles. The van der Waals surface area contributed by atoms with E-state index < -0.39 is 24.6 Å². The number of amides is 3. The van der Waals surface area contributed by atoms with Crippen molar-refractivity contribution < 1.29 is 29.3 Å². The summed E-state index contributed by atoms with van der Waals surface area (Å²) >= 11 is 0. The van der Waals surface area contributed by atoms with Crippen LogP contribution >= 0.6 is 0 Å². The topological polar surface area (TPSA) is 111 Å². The molecule has 0 atom stereocenters. The highest BCUT2D eigenvalue weighted by Gasteiger charge is 2.42. The fourth-order valence-corrected chi connectivity index (χ4v) is 3.71. The van der Waals surface area contributed by atoms with E-state index in [1.165, 1.54) is 24.3 Å². The standard InChI is InChI=1S/C27H29N3O6/c1-2-3-13-20-36-27(35)30(23-18-11-6-12-19-23)24(28(25(31)32)21-14-7-4-8-15-21)29(26(33)34)22-16-9-5-10-17-22/h4-12,14-19,24H,2-3,13,20H2,1H3,(H,31,32)(H,33,34). The van der Waals surface area contributed by atoms with Crippen LogP contribution in [0.2, 0.25) is 0 Å². The highest BCUT2D eigenvalue weighted by atomic mass is 16.6. The smallest absolute Gasteiger partial charge is 0.417 e. The summed E-state index contributed by atoms with van der Waals surface area (Å²) in [4.78, 5) is 41.6. The Morgan fingerprint density at radius 1 is 0.667 bits per heavy atom. The lowest BCUT2D eigenvalue weighted by molar-refractivity contribution is 0.147. The Morgan fingerprint density at radius 3 is 1.42 bits per heavy atom. The Morgan fingerprint density at radius 2 is 1.06 bits per heavy atom. The summed E-state index contributed by atoms with van der Waals surface area (Å²) in [6, 6.07) is 24.3. The molecule has 3 amide bonds. The Balaban J connectivity index is 2.22. The predicted molar refractivity (Wildman–Crippen MR) is 137 cm³/mol. The van der Waals surface area contributed by atoms with Crippen molar-refractivity contribution in [2.24, 2.45) is 0 Å². The normalized spacial score (nSPS) is 10.5. The number of hydrogen-bond donors (Lipinski definition) is 2. The number of carbonyl (C=O) groups is 3. The number of nitrogens with zero attached hydrogens (tertiary/aromatic N) is 3. The first-order valence-electron chi connectivity index (χ1n) is 11.6. The molecular weight excluding hydrogens is 462 g/mol. The molecule has 3 rings (SSSR count). The van der Waals surface area contributed by atoms with Gasteiger partial charge in [0.15, 0.2) is 0 Å². The molecule has 0 aliphatic carbocycles. The zero-order valence-electron chi connectivity index (χ0n) is 19.9. The monoisotopic (exact) mass is 491 g/mol. The average Bonchev–Trinajstić information content (AvgIpc) is 2.88. The maximum Gasteiger partial charge on any atom is 0.417 e. The van der Waals surface area contributed by atoms with E-state index in [1.54, 1.807) is 66.7 Å². The summed E-state index contributed by atoms with van der Waals surface area (Å²) in [5.41, 5.74) is 0.626. The van der Waals surface area contributed by atoms with Crippen molar-refractivity contribution in [1.29, 1.82) is 0 Å². The summed E-state index contributed by atoms with van der Waals surface area (Å²) in [6.45, 7) is 2.13. The average molecular weight is 492 g/mol. The van der Waals surface area contributed by atoms with Crippen LogP contribution in [0.1, 0.15) is 26.2 Å². The largest absolute Gasteiger partial charge is 0.465 e. The van der Waals surface area contributed by atoms with Crippen molar-refractivity contribution in [2.45, 2.75) is 32.5 Å². The summed E-state index contributed by atoms with van der Waals surface area (Å²) in [5.74, 6) is 0. The van der Waals surface area contributed by atoms with Crippen molar-refractivity contribution in [2.75, 3.05) is 21.3 Å². The van der Waals surface area contributed by atoms with Crippen molar-refractivity contribution >= 4 is 35.3 Å². The molecule has 188 valence electrons. The first kappa shape index (κ1) is 26.1. The molecule has 0 unspecified atom stereocenters. The van der Waals surface area contributed by atoms with Gasteiger partial charge in [0.25, 0.3) is 0 Å². The van der Waals surface area contributed by atoms with Crippen LogP contribution in [-0.4, -0.2) is 41.4 Å². The van der Waals surface area contributed by atoms with Gasteiger partial charge in [0, 0.05) is 0 Å². The van der Waals surface area contributed by atoms with Crippen LogP contribution < -0.4 is 14.7 Å². The minimum absolute atomic E-state index is 0.111. The number of carbonyl (C=O) groups excluding carboxylic acids is 1. The molecule has 0 fully saturated rings. The summed E-state index contributed by atoms with van der Waals surface area (Å²) in [5, 5.41) is 20.7. The molecule has 3 aromatic rings. The van der Waals surface area contributed by atoms with E-state index in [-0.39, 0.29) is 23.7 Å². The van der Waals surface area contributed by atoms with Crippen LogP contribution in [0.5, 0.6) is 0 Å². The minimum Gasteiger partial charge on any atom is -0.465 e. The zero-order valence-corrected chi connectivity index (χ0v) is 19.9. The summed E-state index contributed by atoms with van der Waals surface area (Å²) < 4.78 is 5.52. The molecule has 0 aromatic heterocycles. The van der Waals surface area contributed by atoms with E-state index in [0.29, 0.717) is 6.42 Å². The number of unbranched alkanes of at least 4 members (excludes halogenated alkanes) is 2.